The first-order chi connectivity index (χ1) is 9.18. The number of nitrogens with one attached hydrogen (secondary N) is 1. The Hall–Kier alpha value is -2.76. The van der Waals surface area contributed by atoms with Gasteiger partial charge in [-0.2, -0.15) is 0 Å². The average Bonchev–Trinajstić information content (AvgIpc) is 2.81. The van der Waals surface area contributed by atoms with Crippen molar-refractivity contribution in [2.45, 2.75) is 0 Å². The standard InChI is InChI=1S/C13H10FN5/c14-8-4-3-7-11(12(8)13(15)16)19-10-6-2-1-5-9(10)17-18-19/h1-7H,(H3,15,16). The van der Waals surface area contributed by atoms with Gasteiger partial charge in [-0.3, -0.25) is 5.41 Å². The lowest BCUT2D eigenvalue weighted by molar-refractivity contribution is 0.622. The number of para-hydroxylation sites is 1. The first-order valence-corrected chi connectivity index (χ1v) is 5.62. The van der Waals surface area contributed by atoms with E-state index in [-0.39, 0.29) is 11.4 Å². The third-order valence-electron chi connectivity index (χ3n) is 2.84. The molecule has 0 aliphatic rings. The molecule has 0 bridgehead atoms. The van der Waals surface area contributed by atoms with Gasteiger partial charge in [0, 0.05) is 0 Å². The summed E-state index contributed by atoms with van der Waals surface area (Å²) in [5.74, 6) is -0.891. The monoisotopic (exact) mass is 255 g/mol. The number of amidine groups is 1. The Morgan fingerprint density at radius 1 is 1.16 bits per heavy atom. The number of halogens is 1. The second kappa shape index (κ2) is 4.16. The second-order valence-electron chi connectivity index (χ2n) is 4.04. The smallest absolute Gasteiger partial charge is 0.136 e. The van der Waals surface area contributed by atoms with Gasteiger partial charge >= 0.3 is 0 Å². The number of aromatic nitrogens is 3. The number of hydrogen-bond donors (Lipinski definition) is 2. The second-order valence-corrected chi connectivity index (χ2v) is 4.04. The summed E-state index contributed by atoms with van der Waals surface area (Å²) >= 11 is 0. The van der Waals surface area contributed by atoms with Gasteiger partial charge in [0.2, 0.25) is 0 Å². The van der Waals surface area contributed by atoms with Crippen LogP contribution in [-0.4, -0.2) is 20.8 Å². The maximum atomic E-state index is 13.8. The zero-order valence-corrected chi connectivity index (χ0v) is 9.84. The van der Waals surface area contributed by atoms with Crippen LogP contribution in [0, 0.1) is 11.2 Å². The molecular formula is C13H10FN5. The normalized spacial score (nSPS) is 10.8. The highest BCUT2D eigenvalue weighted by molar-refractivity contribution is 5.99. The van der Waals surface area contributed by atoms with E-state index in [0.29, 0.717) is 11.2 Å². The van der Waals surface area contributed by atoms with E-state index < -0.39 is 5.82 Å². The fourth-order valence-electron chi connectivity index (χ4n) is 2.00. The lowest BCUT2D eigenvalue weighted by atomic mass is 10.1. The summed E-state index contributed by atoms with van der Waals surface area (Å²) < 4.78 is 15.3. The zero-order chi connectivity index (χ0) is 13.4. The van der Waals surface area contributed by atoms with Crippen LogP contribution in [0.1, 0.15) is 5.56 Å². The van der Waals surface area contributed by atoms with E-state index in [1.165, 1.54) is 10.7 Å². The van der Waals surface area contributed by atoms with Gasteiger partial charge in [0.15, 0.2) is 0 Å². The van der Waals surface area contributed by atoms with Crippen LogP contribution in [0.15, 0.2) is 42.5 Å². The Kier molecular flexibility index (Phi) is 2.49. The molecule has 0 amide bonds. The Balaban J connectivity index is 2.33. The van der Waals surface area contributed by atoms with Gasteiger partial charge in [0.05, 0.1) is 16.8 Å². The van der Waals surface area contributed by atoms with Gasteiger partial charge in [-0.05, 0) is 24.3 Å². The number of benzene rings is 2. The molecule has 94 valence electrons. The Morgan fingerprint density at radius 3 is 2.74 bits per heavy atom. The zero-order valence-electron chi connectivity index (χ0n) is 9.84. The van der Waals surface area contributed by atoms with Crippen molar-refractivity contribution in [2.75, 3.05) is 0 Å². The van der Waals surface area contributed by atoms with E-state index in [0.717, 1.165) is 5.52 Å². The molecule has 0 saturated carbocycles. The van der Waals surface area contributed by atoms with Crippen LogP contribution in [0.3, 0.4) is 0 Å². The quantitative estimate of drug-likeness (QED) is 0.541. The summed E-state index contributed by atoms with van der Waals surface area (Å²) in [5, 5.41) is 15.5. The van der Waals surface area contributed by atoms with Crippen LogP contribution in [0.4, 0.5) is 4.39 Å². The van der Waals surface area contributed by atoms with Crippen molar-refractivity contribution < 1.29 is 4.39 Å². The van der Waals surface area contributed by atoms with Crippen LogP contribution in [0.2, 0.25) is 0 Å². The molecule has 1 heterocycles. The molecule has 0 fully saturated rings. The van der Waals surface area contributed by atoms with Crippen LogP contribution in [-0.2, 0) is 0 Å². The largest absolute Gasteiger partial charge is 0.384 e. The molecule has 0 saturated heterocycles. The summed E-state index contributed by atoms with van der Waals surface area (Å²) in [5.41, 5.74) is 7.30. The van der Waals surface area contributed by atoms with Gasteiger partial charge < -0.3 is 5.73 Å². The van der Waals surface area contributed by atoms with Crippen LogP contribution in [0.5, 0.6) is 0 Å². The van der Waals surface area contributed by atoms with E-state index in [2.05, 4.69) is 10.3 Å². The third kappa shape index (κ3) is 1.74. The molecule has 0 aliphatic heterocycles. The molecule has 3 rings (SSSR count). The topological polar surface area (TPSA) is 80.6 Å². The molecule has 1 aromatic heterocycles. The highest BCUT2D eigenvalue weighted by Crippen LogP contribution is 2.21. The van der Waals surface area contributed by atoms with Crippen molar-refractivity contribution in [3.8, 4) is 5.69 Å². The number of nitrogen functional groups attached to an aromatic ring is 1. The van der Waals surface area contributed by atoms with Gasteiger partial charge in [-0.25, -0.2) is 9.07 Å². The van der Waals surface area contributed by atoms with Crippen LogP contribution >= 0.6 is 0 Å². The number of rotatable bonds is 2. The van der Waals surface area contributed by atoms with E-state index in [1.54, 1.807) is 12.1 Å². The number of nitrogens with two attached hydrogens (primary N) is 1. The average molecular weight is 255 g/mol. The third-order valence-corrected chi connectivity index (χ3v) is 2.84. The molecule has 6 heteroatoms. The van der Waals surface area contributed by atoms with E-state index >= 15 is 0 Å². The van der Waals surface area contributed by atoms with Crippen molar-refractivity contribution in [3.05, 3.63) is 53.8 Å². The fourth-order valence-corrected chi connectivity index (χ4v) is 2.00. The van der Waals surface area contributed by atoms with Gasteiger partial charge in [-0.15, -0.1) is 5.10 Å². The summed E-state index contributed by atoms with van der Waals surface area (Å²) in [7, 11) is 0. The van der Waals surface area contributed by atoms with Gasteiger partial charge in [0.25, 0.3) is 0 Å². The summed E-state index contributed by atoms with van der Waals surface area (Å²) in [6.07, 6.45) is 0. The molecule has 0 atom stereocenters. The fraction of sp³-hybridized carbons (Fsp3) is 0. The van der Waals surface area contributed by atoms with Gasteiger partial charge in [0.1, 0.15) is 17.2 Å². The van der Waals surface area contributed by atoms with E-state index in [1.807, 2.05) is 24.3 Å². The first kappa shape index (κ1) is 11.3. The van der Waals surface area contributed by atoms with Crippen LogP contribution in [0.25, 0.3) is 16.7 Å². The van der Waals surface area contributed by atoms with E-state index in [4.69, 9.17) is 11.1 Å². The highest BCUT2D eigenvalue weighted by atomic mass is 19.1. The molecular weight excluding hydrogens is 245 g/mol. The van der Waals surface area contributed by atoms with Crippen molar-refractivity contribution in [2.24, 2.45) is 5.73 Å². The SMILES string of the molecule is N=C(N)c1c(F)cccc1-n1nnc2ccccc21. The number of fused-ring (bicyclic) bond motifs is 1. The minimum atomic E-state index is -0.551. The molecule has 19 heavy (non-hydrogen) atoms. The molecule has 0 spiro atoms. The van der Waals surface area contributed by atoms with Gasteiger partial charge in [-0.1, -0.05) is 23.4 Å². The molecule has 0 unspecified atom stereocenters. The minimum Gasteiger partial charge on any atom is -0.384 e. The summed E-state index contributed by atoms with van der Waals surface area (Å²) in [6, 6.07) is 11.8. The molecule has 3 aromatic rings. The Bertz CT molecular complexity index is 778. The summed E-state index contributed by atoms with van der Waals surface area (Å²) in [4.78, 5) is 0. The molecule has 2 aromatic carbocycles. The maximum absolute atomic E-state index is 13.8. The van der Waals surface area contributed by atoms with Crippen molar-refractivity contribution >= 4 is 16.9 Å². The Labute approximate surface area is 108 Å². The minimum absolute atomic E-state index is 0.0261. The first-order valence-electron chi connectivity index (χ1n) is 5.62. The molecule has 0 radical (unpaired) electrons. The number of hydrogen-bond acceptors (Lipinski definition) is 3. The maximum Gasteiger partial charge on any atom is 0.136 e. The van der Waals surface area contributed by atoms with Crippen LogP contribution < -0.4 is 5.73 Å². The van der Waals surface area contributed by atoms with E-state index in [9.17, 15) is 4.39 Å². The predicted molar refractivity (Wildman–Crippen MR) is 69.8 cm³/mol. The van der Waals surface area contributed by atoms with Crippen molar-refractivity contribution in [3.63, 3.8) is 0 Å². The molecule has 5 nitrogen and oxygen atoms in total. The molecule has 3 N–H and O–H groups in total. The van der Waals surface area contributed by atoms with Crippen molar-refractivity contribution in [1.29, 1.82) is 5.41 Å². The lowest BCUT2D eigenvalue weighted by Crippen LogP contribution is -2.17. The highest BCUT2D eigenvalue weighted by Gasteiger charge is 2.15. The number of nitrogens with zero attached hydrogens (tertiary/aromatic N) is 3. The summed E-state index contributed by atoms with van der Waals surface area (Å²) in [6.45, 7) is 0. The predicted octanol–water partition coefficient (Wildman–Crippen LogP) is 1.84. The Morgan fingerprint density at radius 2 is 1.95 bits per heavy atom. The van der Waals surface area contributed by atoms with Crippen molar-refractivity contribution in [1.82, 2.24) is 15.0 Å². The lowest BCUT2D eigenvalue weighted by Gasteiger charge is -2.09. The molecule has 0 aliphatic carbocycles.